The van der Waals surface area contributed by atoms with Gasteiger partial charge >= 0.3 is 0 Å². The first-order valence-electron chi connectivity index (χ1n) is 6.54. The molecular weight excluding hydrogens is 282 g/mol. The van der Waals surface area contributed by atoms with Crippen LogP contribution in [0.2, 0.25) is 0 Å². The quantitative estimate of drug-likeness (QED) is 0.749. The van der Waals surface area contributed by atoms with Gasteiger partial charge in [-0.25, -0.2) is 0 Å². The van der Waals surface area contributed by atoms with Gasteiger partial charge in [-0.3, -0.25) is 0 Å². The van der Waals surface area contributed by atoms with E-state index in [0.717, 1.165) is 22.6 Å². The summed E-state index contributed by atoms with van der Waals surface area (Å²) in [4.78, 5) is 1.17. The van der Waals surface area contributed by atoms with Crippen molar-refractivity contribution in [2.75, 3.05) is 6.26 Å². The van der Waals surface area contributed by atoms with Gasteiger partial charge in [-0.2, -0.15) is 4.68 Å². The minimum absolute atomic E-state index is 0.529. The molecule has 0 fully saturated rings. The number of nitrogens with zero attached hydrogens (tertiary/aromatic N) is 4. The van der Waals surface area contributed by atoms with Gasteiger partial charge < -0.3 is 5.73 Å². The molecule has 21 heavy (non-hydrogen) atoms. The van der Waals surface area contributed by atoms with Crippen LogP contribution in [0, 0.1) is 0 Å². The predicted molar refractivity (Wildman–Crippen MR) is 84.3 cm³/mol. The highest BCUT2D eigenvalue weighted by Gasteiger charge is 2.10. The highest BCUT2D eigenvalue weighted by atomic mass is 32.2. The molecule has 2 aromatic carbocycles. The number of aromatic nitrogens is 4. The molecule has 0 amide bonds. The monoisotopic (exact) mass is 297 g/mol. The molecule has 5 nitrogen and oxygen atoms in total. The lowest BCUT2D eigenvalue weighted by molar-refractivity contribution is 0.789. The van der Waals surface area contributed by atoms with Gasteiger partial charge in [0.2, 0.25) is 0 Å². The van der Waals surface area contributed by atoms with Crippen molar-refractivity contribution in [2.45, 2.75) is 11.4 Å². The number of benzene rings is 2. The molecular formula is C15H15N5S. The third-order valence-corrected chi connectivity index (χ3v) is 3.94. The summed E-state index contributed by atoms with van der Waals surface area (Å²) in [7, 11) is 0. The first-order valence-corrected chi connectivity index (χ1v) is 7.76. The summed E-state index contributed by atoms with van der Waals surface area (Å²) in [5.41, 5.74) is 8.62. The Morgan fingerprint density at radius 1 is 1.14 bits per heavy atom. The molecule has 0 bridgehead atoms. The fraction of sp³-hybridized carbons (Fsp3) is 0.133. The number of tetrazole rings is 1. The zero-order valence-electron chi connectivity index (χ0n) is 11.6. The van der Waals surface area contributed by atoms with E-state index < -0.39 is 0 Å². The first-order chi connectivity index (χ1) is 10.3. The Hall–Kier alpha value is -2.18. The average Bonchev–Trinajstić information content (AvgIpc) is 3.04. The van der Waals surface area contributed by atoms with Crippen LogP contribution in [0.1, 0.15) is 5.56 Å². The van der Waals surface area contributed by atoms with Crippen molar-refractivity contribution < 1.29 is 0 Å². The van der Waals surface area contributed by atoms with Crippen LogP contribution in [-0.4, -0.2) is 26.5 Å². The minimum Gasteiger partial charge on any atom is -0.326 e. The Labute approximate surface area is 127 Å². The van der Waals surface area contributed by atoms with Gasteiger partial charge in [-0.05, 0) is 40.4 Å². The van der Waals surface area contributed by atoms with Gasteiger partial charge in [0.15, 0.2) is 5.82 Å². The standard InChI is InChI=1S/C15H15N5S/c1-21-14-4-2-3-13(9-14)20-15(17-18-19-20)12-7-5-11(10-16)6-8-12/h2-9H,10,16H2,1H3. The molecule has 3 aromatic rings. The molecule has 3 rings (SSSR count). The Morgan fingerprint density at radius 3 is 2.67 bits per heavy atom. The summed E-state index contributed by atoms with van der Waals surface area (Å²) in [5, 5.41) is 12.0. The molecule has 106 valence electrons. The molecule has 2 N–H and O–H groups in total. The van der Waals surface area contributed by atoms with Gasteiger partial charge in [-0.15, -0.1) is 16.9 Å². The van der Waals surface area contributed by atoms with Crippen LogP contribution in [0.15, 0.2) is 53.4 Å². The Kier molecular flexibility index (Phi) is 3.98. The van der Waals surface area contributed by atoms with Crippen molar-refractivity contribution in [3.63, 3.8) is 0 Å². The van der Waals surface area contributed by atoms with Crippen molar-refractivity contribution in [3.8, 4) is 17.1 Å². The van der Waals surface area contributed by atoms with Gasteiger partial charge in [0, 0.05) is 17.0 Å². The summed E-state index contributed by atoms with van der Waals surface area (Å²) < 4.78 is 1.75. The Morgan fingerprint density at radius 2 is 1.95 bits per heavy atom. The average molecular weight is 297 g/mol. The van der Waals surface area contributed by atoms with E-state index >= 15 is 0 Å². The van der Waals surface area contributed by atoms with Gasteiger partial charge in [-0.1, -0.05) is 30.3 Å². The summed E-state index contributed by atoms with van der Waals surface area (Å²) >= 11 is 1.69. The molecule has 0 spiro atoms. The number of thioether (sulfide) groups is 1. The molecule has 0 saturated carbocycles. The maximum absolute atomic E-state index is 5.62. The highest BCUT2D eigenvalue weighted by Crippen LogP contribution is 2.22. The number of hydrogen-bond acceptors (Lipinski definition) is 5. The van der Waals surface area contributed by atoms with E-state index in [1.807, 2.05) is 42.7 Å². The topological polar surface area (TPSA) is 69.6 Å². The second kappa shape index (κ2) is 6.07. The number of hydrogen-bond donors (Lipinski definition) is 1. The lowest BCUT2D eigenvalue weighted by Crippen LogP contribution is -2.00. The largest absolute Gasteiger partial charge is 0.326 e. The van der Waals surface area contributed by atoms with Gasteiger partial charge in [0.25, 0.3) is 0 Å². The summed E-state index contributed by atoms with van der Waals surface area (Å²) in [5.74, 6) is 0.719. The zero-order chi connectivity index (χ0) is 14.7. The third kappa shape index (κ3) is 2.81. The van der Waals surface area contributed by atoms with E-state index in [9.17, 15) is 0 Å². The third-order valence-electron chi connectivity index (χ3n) is 3.22. The first kappa shape index (κ1) is 13.8. The predicted octanol–water partition coefficient (Wildman–Crippen LogP) is 2.51. The highest BCUT2D eigenvalue weighted by molar-refractivity contribution is 7.98. The molecule has 6 heteroatoms. The molecule has 0 unspecified atom stereocenters. The Balaban J connectivity index is 2.03. The van der Waals surface area contributed by atoms with Gasteiger partial charge in [0.1, 0.15) is 0 Å². The smallest absolute Gasteiger partial charge is 0.187 e. The van der Waals surface area contributed by atoms with Crippen LogP contribution in [0.25, 0.3) is 17.1 Å². The molecule has 0 aliphatic heterocycles. The van der Waals surface area contributed by atoms with Crippen LogP contribution in [0.5, 0.6) is 0 Å². The van der Waals surface area contributed by atoms with Crippen LogP contribution in [0.3, 0.4) is 0 Å². The van der Waals surface area contributed by atoms with Crippen molar-refractivity contribution in [3.05, 3.63) is 54.1 Å². The lowest BCUT2D eigenvalue weighted by atomic mass is 10.1. The van der Waals surface area contributed by atoms with Crippen LogP contribution in [0.4, 0.5) is 0 Å². The lowest BCUT2D eigenvalue weighted by Gasteiger charge is -2.06. The summed E-state index contributed by atoms with van der Waals surface area (Å²) in [6.45, 7) is 0.529. The van der Waals surface area contributed by atoms with E-state index in [2.05, 4.69) is 27.7 Å². The molecule has 0 aliphatic carbocycles. The van der Waals surface area contributed by atoms with E-state index in [1.165, 1.54) is 4.90 Å². The summed E-state index contributed by atoms with van der Waals surface area (Å²) in [6.07, 6.45) is 2.05. The number of rotatable bonds is 4. The maximum atomic E-state index is 5.62. The molecule has 0 radical (unpaired) electrons. The Bertz CT molecular complexity index is 736. The van der Waals surface area contributed by atoms with Crippen molar-refractivity contribution >= 4 is 11.8 Å². The molecule has 0 saturated heterocycles. The fourth-order valence-electron chi connectivity index (χ4n) is 2.07. The van der Waals surface area contributed by atoms with Crippen LogP contribution < -0.4 is 5.73 Å². The van der Waals surface area contributed by atoms with E-state index in [0.29, 0.717) is 6.54 Å². The zero-order valence-corrected chi connectivity index (χ0v) is 12.4. The SMILES string of the molecule is CSc1cccc(-n2nnnc2-c2ccc(CN)cc2)c1. The van der Waals surface area contributed by atoms with Gasteiger partial charge in [0.05, 0.1) is 5.69 Å². The van der Waals surface area contributed by atoms with Crippen molar-refractivity contribution in [2.24, 2.45) is 5.73 Å². The molecule has 1 heterocycles. The van der Waals surface area contributed by atoms with Crippen molar-refractivity contribution in [1.29, 1.82) is 0 Å². The molecule has 1 aromatic heterocycles. The van der Waals surface area contributed by atoms with Crippen LogP contribution >= 0.6 is 11.8 Å². The van der Waals surface area contributed by atoms with Crippen LogP contribution in [-0.2, 0) is 6.54 Å². The second-order valence-corrected chi connectivity index (χ2v) is 5.40. The molecule has 0 atom stereocenters. The molecule has 0 aliphatic rings. The normalized spacial score (nSPS) is 10.8. The maximum Gasteiger partial charge on any atom is 0.187 e. The fourth-order valence-corrected chi connectivity index (χ4v) is 2.53. The number of nitrogens with two attached hydrogens (primary N) is 1. The van der Waals surface area contributed by atoms with E-state index in [4.69, 9.17) is 5.73 Å². The van der Waals surface area contributed by atoms with Crippen molar-refractivity contribution in [1.82, 2.24) is 20.2 Å². The van der Waals surface area contributed by atoms with E-state index in [1.54, 1.807) is 16.4 Å². The second-order valence-electron chi connectivity index (χ2n) is 4.52. The minimum atomic E-state index is 0.529. The van der Waals surface area contributed by atoms with E-state index in [-0.39, 0.29) is 0 Å². The summed E-state index contributed by atoms with van der Waals surface area (Å²) in [6, 6.07) is 16.1.